The first-order valence-electron chi connectivity index (χ1n) is 11.6. The minimum absolute atomic E-state index is 0.0608. The van der Waals surface area contributed by atoms with Crippen molar-refractivity contribution in [1.29, 1.82) is 0 Å². The van der Waals surface area contributed by atoms with Crippen LogP contribution in [0, 0.1) is 0 Å². The molecule has 1 atom stereocenters. The molecule has 2 aliphatic rings. The Morgan fingerprint density at radius 3 is 2.71 bits per heavy atom. The summed E-state index contributed by atoms with van der Waals surface area (Å²) in [5.41, 5.74) is 2.50. The summed E-state index contributed by atoms with van der Waals surface area (Å²) >= 11 is 0. The van der Waals surface area contributed by atoms with Crippen molar-refractivity contribution in [2.24, 2.45) is 4.99 Å². The van der Waals surface area contributed by atoms with Crippen LogP contribution in [0.3, 0.4) is 0 Å². The quantitative estimate of drug-likeness (QED) is 0.681. The number of nitrogens with one attached hydrogen (secondary N) is 2. The van der Waals surface area contributed by atoms with Gasteiger partial charge in [0.25, 0.3) is 10.0 Å². The maximum absolute atomic E-state index is 12.9. The molecule has 0 spiro atoms. The zero-order chi connectivity index (χ0) is 24.1. The van der Waals surface area contributed by atoms with Crippen molar-refractivity contribution in [2.75, 3.05) is 18.4 Å². The van der Waals surface area contributed by atoms with Crippen molar-refractivity contribution in [3.8, 4) is 0 Å². The van der Waals surface area contributed by atoms with Gasteiger partial charge >= 0.3 is 0 Å². The molecule has 0 saturated carbocycles. The van der Waals surface area contributed by atoms with E-state index in [1.807, 2.05) is 24.3 Å². The highest BCUT2D eigenvalue weighted by Gasteiger charge is 2.30. The van der Waals surface area contributed by atoms with Crippen molar-refractivity contribution in [1.82, 2.24) is 9.62 Å². The zero-order valence-corrected chi connectivity index (χ0v) is 20.1. The topological polar surface area (TPSA) is 108 Å². The maximum atomic E-state index is 12.9. The predicted octanol–water partition coefficient (Wildman–Crippen LogP) is 3.41. The van der Waals surface area contributed by atoms with Gasteiger partial charge in [0.15, 0.2) is 0 Å². The second-order valence-corrected chi connectivity index (χ2v) is 10.4. The summed E-state index contributed by atoms with van der Waals surface area (Å²) < 4.78 is 28.3. The summed E-state index contributed by atoms with van der Waals surface area (Å²) in [6.45, 7) is 2.70. The average Bonchev–Trinajstić information content (AvgIpc) is 3.07. The number of sulfonamides is 1. The molecule has 2 N–H and O–H groups in total. The van der Waals surface area contributed by atoms with Gasteiger partial charge in [0.05, 0.1) is 17.4 Å². The number of hydrogen-bond acceptors (Lipinski definition) is 5. The van der Waals surface area contributed by atoms with Gasteiger partial charge < -0.3 is 10.2 Å². The van der Waals surface area contributed by atoms with E-state index in [4.69, 9.17) is 0 Å². The first kappa shape index (κ1) is 23.9. The molecule has 0 fully saturated rings. The van der Waals surface area contributed by atoms with Gasteiger partial charge in [-0.1, -0.05) is 36.8 Å². The van der Waals surface area contributed by atoms with Crippen molar-refractivity contribution in [2.45, 2.75) is 56.4 Å². The molecule has 2 aliphatic heterocycles. The van der Waals surface area contributed by atoms with Gasteiger partial charge in [-0.2, -0.15) is 0 Å². The molecule has 8 nitrogen and oxygen atoms in total. The first-order valence-corrected chi connectivity index (χ1v) is 13.1. The van der Waals surface area contributed by atoms with Crippen LogP contribution in [0.4, 0.5) is 5.69 Å². The van der Waals surface area contributed by atoms with Crippen LogP contribution in [0.25, 0.3) is 0 Å². The molecule has 4 rings (SSSR count). The van der Waals surface area contributed by atoms with Gasteiger partial charge in [0, 0.05) is 32.1 Å². The molecule has 9 heteroatoms. The van der Waals surface area contributed by atoms with Gasteiger partial charge in [-0.3, -0.25) is 19.3 Å². The highest BCUT2D eigenvalue weighted by molar-refractivity contribution is 7.90. The van der Waals surface area contributed by atoms with Crippen LogP contribution in [0.1, 0.15) is 56.2 Å². The molecular formula is C25H30N4O4S. The van der Waals surface area contributed by atoms with E-state index in [0.29, 0.717) is 31.0 Å². The molecule has 0 aliphatic carbocycles. The number of aliphatic imine (C=N–C) groups is 1. The third kappa shape index (κ3) is 5.64. The van der Waals surface area contributed by atoms with Gasteiger partial charge in [0.2, 0.25) is 11.8 Å². The average molecular weight is 483 g/mol. The largest absolute Gasteiger partial charge is 0.335 e. The molecular weight excluding hydrogens is 452 g/mol. The fourth-order valence-electron chi connectivity index (χ4n) is 4.55. The van der Waals surface area contributed by atoms with E-state index in [9.17, 15) is 18.0 Å². The van der Waals surface area contributed by atoms with E-state index < -0.39 is 10.0 Å². The lowest BCUT2D eigenvalue weighted by Gasteiger charge is -2.36. The third-order valence-corrected chi connectivity index (χ3v) is 7.63. The maximum Gasteiger partial charge on any atom is 0.262 e. The van der Waals surface area contributed by atoms with Gasteiger partial charge in [0.1, 0.15) is 5.84 Å². The third-order valence-electron chi connectivity index (χ3n) is 6.25. The van der Waals surface area contributed by atoms with Crippen LogP contribution < -0.4 is 10.0 Å². The van der Waals surface area contributed by atoms with Gasteiger partial charge in [-0.25, -0.2) is 8.42 Å². The Balaban J connectivity index is 1.48. The van der Waals surface area contributed by atoms with Crippen LogP contribution in [0.15, 0.2) is 58.4 Å². The van der Waals surface area contributed by atoms with Crippen LogP contribution in [0.5, 0.6) is 0 Å². The minimum Gasteiger partial charge on any atom is -0.335 e. The number of nitrogens with zero attached hydrogens (tertiary/aromatic N) is 2. The lowest BCUT2D eigenvalue weighted by atomic mass is 9.90. The monoisotopic (exact) mass is 482 g/mol. The summed E-state index contributed by atoms with van der Waals surface area (Å²) in [4.78, 5) is 31.3. The van der Waals surface area contributed by atoms with Crippen LogP contribution >= 0.6 is 0 Å². The molecule has 2 heterocycles. The second-order valence-electron chi connectivity index (χ2n) is 8.70. The molecule has 1 unspecified atom stereocenters. The summed E-state index contributed by atoms with van der Waals surface area (Å²) in [6.07, 6.45) is 4.33. The van der Waals surface area contributed by atoms with Crippen LogP contribution in [0.2, 0.25) is 0 Å². The number of anilines is 1. The Hall–Kier alpha value is -3.20. The highest BCUT2D eigenvalue weighted by atomic mass is 32.2. The van der Waals surface area contributed by atoms with Crippen molar-refractivity contribution in [3.05, 3.63) is 59.7 Å². The fourth-order valence-corrected chi connectivity index (χ4v) is 5.68. The Morgan fingerprint density at radius 1 is 1.06 bits per heavy atom. The number of benzene rings is 2. The summed E-state index contributed by atoms with van der Waals surface area (Å²) in [6, 6.07) is 13.7. The van der Waals surface area contributed by atoms with Crippen molar-refractivity contribution >= 4 is 33.4 Å². The van der Waals surface area contributed by atoms with E-state index in [2.05, 4.69) is 15.0 Å². The van der Waals surface area contributed by atoms with E-state index in [0.717, 1.165) is 36.8 Å². The number of hydrogen-bond donors (Lipinski definition) is 2. The fraction of sp³-hybridized carbons (Fsp3) is 0.400. The predicted molar refractivity (Wildman–Crippen MR) is 131 cm³/mol. The molecule has 34 heavy (non-hydrogen) atoms. The van der Waals surface area contributed by atoms with E-state index in [1.165, 1.54) is 19.1 Å². The number of amides is 2. The standard InChI is InChI=1S/C25H30N4O4S/c1-18(30)29-15-13-19-8-4-5-11-22(19)23(29)17-25(31)27-20-9-7-10-21(16-20)34(32,33)28-24-12-3-2-6-14-26-24/h4-5,7-11,16,23H,2-3,6,12-15,17H2,1H3,(H,26,28)(H,27,31). The normalized spacial score (nSPS) is 18.3. The Bertz CT molecular complexity index is 1210. The molecule has 2 aromatic rings. The summed E-state index contributed by atoms with van der Waals surface area (Å²) in [5.74, 6) is 0.115. The summed E-state index contributed by atoms with van der Waals surface area (Å²) in [7, 11) is -3.81. The van der Waals surface area contributed by atoms with E-state index in [-0.39, 0.29) is 29.2 Å². The lowest BCUT2D eigenvalue weighted by Crippen LogP contribution is -2.40. The number of rotatable bonds is 5. The number of carbonyl (C=O) groups is 2. The zero-order valence-electron chi connectivity index (χ0n) is 19.3. The molecule has 0 saturated heterocycles. The molecule has 2 amide bonds. The Morgan fingerprint density at radius 2 is 1.88 bits per heavy atom. The van der Waals surface area contributed by atoms with Gasteiger partial charge in [-0.15, -0.1) is 0 Å². The Labute approximate surface area is 200 Å². The van der Waals surface area contributed by atoms with E-state index >= 15 is 0 Å². The SMILES string of the molecule is CC(=O)N1CCc2ccccc2C1CC(=O)Nc1cccc(S(=O)(=O)NC2=NCCCCC2)c1. The molecule has 2 aromatic carbocycles. The lowest BCUT2D eigenvalue weighted by molar-refractivity contribution is -0.132. The second kappa shape index (κ2) is 10.4. The number of amidine groups is 1. The molecule has 0 aromatic heterocycles. The Kier molecular flexibility index (Phi) is 7.31. The summed E-state index contributed by atoms with van der Waals surface area (Å²) in [5, 5.41) is 2.81. The van der Waals surface area contributed by atoms with Crippen molar-refractivity contribution < 1.29 is 18.0 Å². The number of fused-ring (bicyclic) bond motifs is 1. The van der Waals surface area contributed by atoms with Crippen LogP contribution in [-0.2, 0) is 26.0 Å². The molecule has 180 valence electrons. The number of carbonyl (C=O) groups excluding carboxylic acids is 2. The highest BCUT2D eigenvalue weighted by Crippen LogP contribution is 2.32. The van der Waals surface area contributed by atoms with Crippen molar-refractivity contribution in [3.63, 3.8) is 0 Å². The minimum atomic E-state index is -3.81. The van der Waals surface area contributed by atoms with E-state index in [1.54, 1.807) is 17.0 Å². The molecule has 0 bridgehead atoms. The first-order chi connectivity index (χ1) is 16.3. The van der Waals surface area contributed by atoms with Gasteiger partial charge in [-0.05, 0) is 48.6 Å². The molecule has 0 radical (unpaired) electrons. The van der Waals surface area contributed by atoms with Crippen LogP contribution in [-0.4, -0.2) is 44.1 Å². The smallest absolute Gasteiger partial charge is 0.262 e.